The number of rotatable bonds is 3. The predicted octanol–water partition coefficient (Wildman–Crippen LogP) is 1.15. The number of carbonyl (C=O) groups excluding carboxylic acids is 2. The van der Waals surface area contributed by atoms with Crippen molar-refractivity contribution in [3.63, 3.8) is 0 Å². The van der Waals surface area contributed by atoms with Crippen LogP contribution in [0.5, 0.6) is 0 Å². The van der Waals surface area contributed by atoms with Gasteiger partial charge in [-0.1, -0.05) is 25.7 Å². The highest BCUT2D eigenvalue weighted by Crippen LogP contribution is 2.22. The van der Waals surface area contributed by atoms with Crippen LogP contribution in [-0.4, -0.2) is 74.9 Å². The van der Waals surface area contributed by atoms with Crippen molar-refractivity contribution in [2.45, 2.75) is 63.1 Å². The number of aliphatic hydroxyl groups excluding tert-OH is 1. The number of nitrogens with one attached hydrogen (secondary N) is 1. The SMILES string of the molecule is O=C1N[C@H](C(=O)N2C[C@H](O)C[C@H]2C(=O)O)CSCCCCCCCC1CS. The number of hydrogen-bond donors (Lipinski definition) is 4. The molecule has 3 N–H and O–H groups in total. The zero-order valence-corrected chi connectivity index (χ0v) is 17.2. The summed E-state index contributed by atoms with van der Waals surface area (Å²) in [6.45, 7) is -0.0111. The lowest BCUT2D eigenvalue weighted by Crippen LogP contribution is -2.54. The Morgan fingerprint density at radius 2 is 1.93 bits per heavy atom. The average molecular weight is 419 g/mol. The largest absolute Gasteiger partial charge is 0.480 e. The van der Waals surface area contributed by atoms with Crippen LogP contribution in [0.15, 0.2) is 0 Å². The number of thioether (sulfide) groups is 1. The van der Waals surface area contributed by atoms with E-state index in [1.54, 1.807) is 11.8 Å². The summed E-state index contributed by atoms with van der Waals surface area (Å²) in [5.74, 6) is -0.281. The average Bonchev–Trinajstić information content (AvgIpc) is 3.03. The number of nitrogens with zero attached hydrogens (tertiary/aromatic N) is 1. The van der Waals surface area contributed by atoms with Gasteiger partial charge in [-0.15, -0.1) is 0 Å². The van der Waals surface area contributed by atoms with Gasteiger partial charge in [0.05, 0.1) is 6.10 Å². The zero-order chi connectivity index (χ0) is 19.8. The maximum atomic E-state index is 13.0. The number of carboxylic acids is 1. The molecule has 0 saturated carbocycles. The van der Waals surface area contributed by atoms with E-state index < -0.39 is 30.1 Å². The van der Waals surface area contributed by atoms with Gasteiger partial charge in [-0.05, 0) is 18.6 Å². The van der Waals surface area contributed by atoms with E-state index >= 15 is 0 Å². The number of thiol groups is 1. The summed E-state index contributed by atoms with van der Waals surface area (Å²) in [6.07, 6.45) is 5.32. The van der Waals surface area contributed by atoms with Crippen molar-refractivity contribution in [1.29, 1.82) is 0 Å². The molecule has 0 aromatic heterocycles. The number of amides is 2. The topological polar surface area (TPSA) is 107 Å². The lowest BCUT2D eigenvalue weighted by molar-refractivity contribution is -0.149. The van der Waals surface area contributed by atoms with E-state index in [9.17, 15) is 24.6 Å². The van der Waals surface area contributed by atoms with Crippen molar-refractivity contribution in [3.05, 3.63) is 0 Å². The second kappa shape index (κ2) is 11.2. The van der Waals surface area contributed by atoms with Crippen LogP contribution in [0.2, 0.25) is 0 Å². The van der Waals surface area contributed by atoms with Gasteiger partial charge in [0, 0.05) is 30.4 Å². The Morgan fingerprint density at radius 3 is 2.63 bits per heavy atom. The standard InChI is InChI=1S/C18H30N2O5S2/c21-13-8-15(18(24)25)20(9-13)17(23)14-11-27-7-5-3-1-2-4-6-12(10-26)16(22)19-14/h12-15,21,26H,1-11H2,(H,19,22)(H,24,25)/t12?,13-,14+,15+/m1/s1. The maximum absolute atomic E-state index is 13.0. The summed E-state index contributed by atoms with van der Waals surface area (Å²) in [5, 5.41) is 22.0. The van der Waals surface area contributed by atoms with E-state index in [0.717, 1.165) is 44.3 Å². The van der Waals surface area contributed by atoms with E-state index in [2.05, 4.69) is 17.9 Å². The minimum atomic E-state index is -1.13. The maximum Gasteiger partial charge on any atom is 0.326 e. The third kappa shape index (κ3) is 6.57. The van der Waals surface area contributed by atoms with Crippen LogP contribution in [0.3, 0.4) is 0 Å². The Morgan fingerprint density at radius 1 is 1.22 bits per heavy atom. The molecule has 4 atom stereocenters. The van der Waals surface area contributed by atoms with Crippen LogP contribution in [0.1, 0.15) is 44.9 Å². The van der Waals surface area contributed by atoms with Gasteiger partial charge < -0.3 is 20.4 Å². The highest BCUT2D eigenvalue weighted by Gasteiger charge is 2.41. The molecule has 0 spiro atoms. The summed E-state index contributed by atoms with van der Waals surface area (Å²) in [5.41, 5.74) is 0. The first-order chi connectivity index (χ1) is 12.9. The Balaban J connectivity index is 2.12. The first-order valence-corrected chi connectivity index (χ1v) is 11.4. The smallest absolute Gasteiger partial charge is 0.326 e. The first-order valence-electron chi connectivity index (χ1n) is 9.64. The van der Waals surface area contributed by atoms with Crippen molar-refractivity contribution in [2.24, 2.45) is 5.92 Å². The molecule has 27 heavy (non-hydrogen) atoms. The van der Waals surface area contributed by atoms with Gasteiger partial charge in [0.2, 0.25) is 11.8 Å². The van der Waals surface area contributed by atoms with Gasteiger partial charge >= 0.3 is 5.97 Å². The van der Waals surface area contributed by atoms with E-state index in [-0.39, 0.29) is 24.8 Å². The summed E-state index contributed by atoms with van der Waals surface area (Å²) in [4.78, 5) is 38.3. The van der Waals surface area contributed by atoms with Crippen LogP contribution in [0.25, 0.3) is 0 Å². The summed E-state index contributed by atoms with van der Waals surface area (Å²) >= 11 is 5.89. The zero-order valence-electron chi connectivity index (χ0n) is 15.5. The highest BCUT2D eigenvalue weighted by molar-refractivity contribution is 7.99. The fraction of sp³-hybridized carbons (Fsp3) is 0.833. The number of aliphatic hydroxyl groups is 1. The van der Waals surface area contributed by atoms with Gasteiger partial charge in [-0.3, -0.25) is 9.59 Å². The van der Waals surface area contributed by atoms with Gasteiger partial charge in [-0.25, -0.2) is 4.79 Å². The minimum Gasteiger partial charge on any atom is -0.480 e. The molecule has 0 aromatic rings. The molecule has 2 fully saturated rings. The summed E-state index contributed by atoms with van der Waals surface area (Å²) in [7, 11) is 0. The van der Waals surface area contributed by atoms with Crippen LogP contribution in [0.4, 0.5) is 0 Å². The molecule has 0 aromatic carbocycles. The molecule has 0 radical (unpaired) electrons. The van der Waals surface area contributed by atoms with Crippen molar-refractivity contribution in [2.75, 3.05) is 23.8 Å². The van der Waals surface area contributed by atoms with Crippen LogP contribution in [0, 0.1) is 5.92 Å². The van der Waals surface area contributed by atoms with Gasteiger partial charge in [0.25, 0.3) is 0 Å². The minimum absolute atomic E-state index is 0.0111. The normalized spacial score (nSPS) is 31.3. The molecule has 154 valence electrons. The quantitative estimate of drug-likeness (QED) is 0.512. The molecular weight excluding hydrogens is 388 g/mol. The van der Waals surface area contributed by atoms with Gasteiger partial charge in [0.15, 0.2) is 0 Å². The second-order valence-corrected chi connectivity index (χ2v) is 8.82. The van der Waals surface area contributed by atoms with Crippen LogP contribution in [-0.2, 0) is 14.4 Å². The number of hydrogen-bond acceptors (Lipinski definition) is 6. The Hall–Kier alpha value is -0.930. The molecule has 2 rings (SSSR count). The number of carboxylic acid groups (broad SMARTS) is 1. The molecule has 0 aliphatic carbocycles. The summed E-state index contributed by atoms with van der Waals surface area (Å²) in [6, 6.07) is -1.82. The van der Waals surface area contributed by atoms with Crippen LogP contribution >= 0.6 is 24.4 Å². The van der Waals surface area contributed by atoms with Crippen molar-refractivity contribution in [3.8, 4) is 0 Å². The molecule has 2 saturated heterocycles. The van der Waals surface area contributed by atoms with E-state index in [0.29, 0.717) is 11.5 Å². The number of aliphatic carboxylic acids is 1. The second-order valence-electron chi connectivity index (χ2n) is 7.31. The Bertz CT molecular complexity index is 534. The molecule has 7 nitrogen and oxygen atoms in total. The lowest BCUT2D eigenvalue weighted by Gasteiger charge is -2.28. The fourth-order valence-corrected chi connectivity index (χ4v) is 4.97. The lowest BCUT2D eigenvalue weighted by atomic mass is 10.0. The molecule has 2 heterocycles. The highest BCUT2D eigenvalue weighted by atomic mass is 32.2. The summed E-state index contributed by atoms with van der Waals surface area (Å²) < 4.78 is 0. The Kier molecular flexibility index (Phi) is 9.25. The van der Waals surface area contributed by atoms with Crippen molar-refractivity contribution >= 4 is 42.2 Å². The third-order valence-electron chi connectivity index (χ3n) is 5.18. The predicted molar refractivity (Wildman–Crippen MR) is 108 cm³/mol. The number of likely N-dealkylation sites (tertiary alicyclic amines) is 1. The first kappa shape index (κ1) is 22.4. The number of carbonyl (C=O) groups is 3. The molecule has 9 heteroatoms. The molecule has 2 aliphatic rings. The molecular formula is C18H30N2O5S2. The van der Waals surface area contributed by atoms with Crippen molar-refractivity contribution in [1.82, 2.24) is 10.2 Å². The van der Waals surface area contributed by atoms with Gasteiger partial charge in [0.1, 0.15) is 12.1 Å². The van der Waals surface area contributed by atoms with Crippen LogP contribution < -0.4 is 5.32 Å². The molecule has 2 aliphatic heterocycles. The monoisotopic (exact) mass is 418 g/mol. The fourth-order valence-electron chi connectivity index (χ4n) is 3.59. The Labute approximate surface area is 170 Å². The molecule has 0 bridgehead atoms. The number of β-amino-alcohol motifs (C(OH)–C–C–N with tert-alkyl or cyclic N) is 1. The van der Waals surface area contributed by atoms with E-state index in [1.807, 2.05) is 0 Å². The molecule has 1 unspecified atom stereocenters. The molecule has 2 amide bonds. The van der Waals surface area contributed by atoms with E-state index in [1.165, 1.54) is 4.90 Å². The van der Waals surface area contributed by atoms with Gasteiger partial charge in [-0.2, -0.15) is 24.4 Å². The van der Waals surface area contributed by atoms with E-state index in [4.69, 9.17) is 0 Å². The third-order valence-corrected chi connectivity index (χ3v) is 6.77. The van der Waals surface area contributed by atoms with Crippen molar-refractivity contribution < 1.29 is 24.6 Å².